The van der Waals surface area contributed by atoms with Gasteiger partial charge < -0.3 is 10.2 Å². The normalized spacial score (nSPS) is 12.4. The van der Waals surface area contributed by atoms with Gasteiger partial charge in [0.05, 0.1) is 6.54 Å². The highest BCUT2D eigenvalue weighted by atomic mass is 79.9. The molecule has 4 heteroatoms. The van der Waals surface area contributed by atoms with Crippen LogP contribution in [0.2, 0.25) is 0 Å². The monoisotopic (exact) mass is 260 g/mol. The van der Waals surface area contributed by atoms with E-state index in [1.807, 2.05) is 33.0 Å². The molecule has 0 aliphatic rings. The number of furan rings is 1. The van der Waals surface area contributed by atoms with Crippen molar-refractivity contribution in [2.75, 3.05) is 13.6 Å². The Morgan fingerprint density at radius 2 is 2.14 bits per heavy atom. The molecule has 0 bridgehead atoms. The summed E-state index contributed by atoms with van der Waals surface area (Å²) in [6, 6.07) is 3.86. The first-order valence-corrected chi connectivity index (χ1v) is 5.38. The smallest absolute Gasteiger partial charge is 0.169 e. The molecule has 1 rings (SSSR count). The Hall–Kier alpha value is -0.320. The van der Waals surface area contributed by atoms with Crippen LogP contribution in [-0.2, 0) is 6.54 Å². The van der Waals surface area contributed by atoms with Gasteiger partial charge in [-0.2, -0.15) is 0 Å². The molecular formula is C10H17BrN2O. The first kappa shape index (κ1) is 11.8. The third-order valence-corrected chi connectivity index (χ3v) is 2.16. The van der Waals surface area contributed by atoms with E-state index in [1.165, 1.54) is 0 Å². The maximum absolute atomic E-state index is 5.91. The SMILES string of the molecule is CN(Cc1ccc(Br)o1)CC(C)(C)N. The third-order valence-electron chi connectivity index (χ3n) is 1.73. The van der Waals surface area contributed by atoms with Crippen molar-refractivity contribution in [3.8, 4) is 0 Å². The molecule has 0 aromatic carbocycles. The van der Waals surface area contributed by atoms with Crippen molar-refractivity contribution in [3.05, 3.63) is 22.6 Å². The van der Waals surface area contributed by atoms with E-state index in [9.17, 15) is 0 Å². The number of halogens is 1. The van der Waals surface area contributed by atoms with Gasteiger partial charge in [0.15, 0.2) is 4.67 Å². The van der Waals surface area contributed by atoms with Gasteiger partial charge in [-0.15, -0.1) is 0 Å². The third kappa shape index (κ3) is 4.26. The van der Waals surface area contributed by atoms with Crippen molar-refractivity contribution in [2.24, 2.45) is 5.73 Å². The zero-order chi connectivity index (χ0) is 10.8. The summed E-state index contributed by atoms with van der Waals surface area (Å²) >= 11 is 3.27. The van der Waals surface area contributed by atoms with E-state index >= 15 is 0 Å². The maximum atomic E-state index is 5.91. The largest absolute Gasteiger partial charge is 0.453 e. The highest BCUT2D eigenvalue weighted by Gasteiger charge is 2.14. The summed E-state index contributed by atoms with van der Waals surface area (Å²) in [7, 11) is 2.03. The first-order chi connectivity index (χ1) is 6.37. The molecule has 1 aromatic heterocycles. The van der Waals surface area contributed by atoms with Gasteiger partial charge in [0, 0.05) is 12.1 Å². The van der Waals surface area contributed by atoms with Crippen LogP contribution in [0.25, 0.3) is 0 Å². The van der Waals surface area contributed by atoms with Crippen LogP contribution in [0.5, 0.6) is 0 Å². The van der Waals surface area contributed by atoms with Crippen LogP contribution >= 0.6 is 15.9 Å². The van der Waals surface area contributed by atoms with E-state index in [2.05, 4.69) is 20.8 Å². The minimum Gasteiger partial charge on any atom is -0.453 e. The molecule has 0 amide bonds. The molecule has 0 fully saturated rings. The number of hydrogen-bond acceptors (Lipinski definition) is 3. The van der Waals surface area contributed by atoms with Crippen molar-refractivity contribution in [1.29, 1.82) is 0 Å². The van der Waals surface area contributed by atoms with Gasteiger partial charge >= 0.3 is 0 Å². The van der Waals surface area contributed by atoms with Crippen molar-refractivity contribution in [2.45, 2.75) is 25.9 Å². The van der Waals surface area contributed by atoms with Gasteiger partial charge in [0.1, 0.15) is 5.76 Å². The van der Waals surface area contributed by atoms with Crippen molar-refractivity contribution in [3.63, 3.8) is 0 Å². The van der Waals surface area contributed by atoms with Crippen LogP contribution < -0.4 is 5.73 Å². The summed E-state index contributed by atoms with van der Waals surface area (Å²) < 4.78 is 6.17. The van der Waals surface area contributed by atoms with Crippen LogP contribution in [0.1, 0.15) is 19.6 Å². The second-order valence-electron chi connectivity index (χ2n) is 4.37. The van der Waals surface area contributed by atoms with E-state index in [0.717, 1.165) is 23.5 Å². The van der Waals surface area contributed by atoms with Crippen LogP contribution in [0, 0.1) is 0 Å². The van der Waals surface area contributed by atoms with Crippen LogP contribution in [-0.4, -0.2) is 24.0 Å². The van der Waals surface area contributed by atoms with E-state index in [1.54, 1.807) is 0 Å². The maximum Gasteiger partial charge on any atom is 0.169 e. The van der Waals surface area contributed by atoms with E-state index in [4.69, 9.17) is 10.2 Å². The van der Waals surface area contributed by atoms with Gasteiger partial charge in [0.2, 0.25) is 0 Å². The lowest BCUT2D eigenvalue weighted by atomic mass is 10.1. The number of rotatable bonds is 4. The van der Waals surface area contributed by atoms with Gasteiger partial charge in [-0.1, -0.05) is 0 Å². The Morgan fingerprint density at radius 3 is 2.57 bits per heavy atom. The number of hydrogen-bond donors (Lipinski definition) is 1. The topological polar surface area (TPSA) is 42.4 Å². The van der Waals surface area contributed by atoms with Crippen LogP contribution in [0.15, 0.2) is 21.2 Å². The molecule has 1 aromatic rings. The van der Waals surface area contributed by atoms with E-state index in [0.29, 0.717) is 0 Å². The summed E-state index contributed by atoms with van der Waals surface area (Å²) in [6.07, 6.45) is 0. The lowest BCUT2D eigenvalue weighted by Crippen LogP contribution is -2.43. The van der Waals surface area contributed by atoms with Crippen molar-refractivity contribution >= 4 is 15.9 Å². The lowest BCUT2D eigenvalue weighted by molar-refractivity contribution is 0.243. The summed E-state index contributed by atoms with van der Waals surface area (Å²) in [5, 5.41) is 0. The average Bonchev–Trinajstić information content (AvgIpc) is 2.30. The summed E-state index contributed by atoms with van der Waals surface area (Å²) in [6.45, 7) is 5.65. The van der Waals surface area contributed by atoms with E-state index < -0.39 is 0 Å². The summed E-state index contributed by atoms with van der Waals surface area (Å²) in [5.41, 5.74) is 5.75. The molecule has 0 aliphatic heterocycles. The second-order valence-corrected chi connectivity index (χ2v) is 5.15. The minimum atomic E-state index is -0.168. The average molecular weight is 261 g/mol. The van der Waals surface area contributed by atoms with Crippen molar-refractivity contribution in [1.82, 2.24) is 4.90 Å². The van der Waals surface area contributed by atoms with Crippen LogP contribution in [0.3, 0.4) is 0 Å². The molecule has 0 spiro atoms. The lowest BCUT2D eigenvalue weighted by Gasteiger charge is -2.25. The Morgan fingerprint density at radius 1 is 1.50 bits per heavy atom. The molecular weight excluding hydrogens is 244 g/mol. The van der Waals surface area contributed by atoms with Crippen molar-refractivity contribution < 1.29 is 4.42 Å². The first-order valence-electron chi connectivity index (χ1n) is 4.58. The fraction of sp³-hybridized carbons (Fsp3) is 0.600. The molecule has 0 unspecified atom stereocenters. The van der Waals surface area contributed by atoms with Crippen LogP contribution in [0.4, 0.5) is 0 Å². The standard InChI is InChI=1S/C10H17BrN2O/c1-10(2,12)7-13(3)6-8-4-5-9(11)14-8/h4-5H,6-7,12H2,1-3H3. The van der Waals surface area contributed by atoms with Gasteiger partial charge in [-0.3, -0.25) is 4.90 Å². The summed E-state index contributed by atoms with van der Waals surface area (Å²) in [5.74, 6) is 0.948. The Bertz CT molecular complexity index is 291. The molecule has 0 saturated carbocycles. The molecule has 2 N–H and O–H groups in total. The van der Waals surface area contributed by atoms with Gasteiger partial charge in [-0.25, -0.2) is 0 Å². The van der Waals surface area contributed by atoms with E-state index in [-0.39, 0.29) is 5.54 Å². The molecule has 0 aliphatic carbocycles. The molecule has 80 valence electrons. The highest BCUT2D eigenvalue weighted by Crippen LogP contribution is 2.15. The Balaban J connectivity index is 2.45. The minimum absolute atomic E-state index is 0.168. The number of nitrogens with two attached hydrogens (primary N) is 1. The highest BCUT2D eigenvalue weighted by molar-refractivity contribution is 9.10. The van der Waals surface area contributed by atoms with Gasteiger partial charge in [0.25, 0.3) is 0 Å². The predicted molar refractivity (Wildman–Crippen MR) is 61.0 cm³/mol. The predicted octanol–water partition coefficient (Wildman–Crippen LogP) is 2.21. The summed E-state index contributed by atoms with van der Waals surface area (Å²) in [4.78, 5) is 2.14. The second kappa shape index (κ2) is 4.47. The number of nitrogens with zero attached hydrogens (tertiary/aromatic N) is 1. The molecule has 0 radical (unpaired) electrons. The quantitative estimate of drug-likeness (QED) is 0.903. The Labute approximate surface area is 93.4 Å². The molecule has 0 saturated heterocycles. The zero-order valence-corrected chi connectivity index (χ0v) is 10.5. The molecule has 3 nitrogen and oxygen atoms in total. The number of likely N-dealkylation sites (N-methyl/N-ethyl adjacent to an activating group) is 1. The van der Waals surface area contributed by atoms with Gasteiger partial charge in [-0.05, 0) is 49.0 Å². The molecule has 1 heterocycles. The zero-order valence-electron chi connectivity index (χ0n) is 8.88. The molecule has 0 atom stereocenters. The molecule has 14 heavy (non-hydrogen) atoms. The fourth-order valence-corrected chi connectivity index (χ4v) is 1.79. The Kier molecular flexibility index (Phi) is 3.75. The fourth-order valence-electron chi connectivity index (χ4n) is 1.45.